The summed E-state index contributed by atoms with van der Waals surface area (Å²) in [7, 11) is 0. The van der Waals surface area contributed by atoms with E-state index in [0.29, 0.717) is 36.8 Å². The van der Waals surface area contributed by atoms with Gasteiger partial charge >= 0.3 is 0 Å². The first kappa shape index (κ1) is 43.1. The van der Waals surface area contributed by atoms with Gasteiger partial charge in [0.2, 0.25) is 0 Å². The van der Waals surface area contributed by atoms with Gasteiger partial charge in [-0.1, -0.05) is 117 Å². The van der Waals surface area contributed by atoms with E-state index < -0.39 is 6.10 Å². The Morgan fingerprint density at radius 3 is 2.22 bits per heavy atom. The van der Waals surface area contributed by atoms with E-state index >= 15 is 0 Å². The molecular formula is C47H84O4. The molecule has 3 fully saturated rings. The maximum Gasteiger partial charge on any atom is 0.101 e. The van der Waals surface area contributed by atoms with Gasteiger partial charge in [-0.05, 0) is 136 Å². The average Bonchev–Trinajstić information content (AvgIpc) is 3.47. The topological polar surface area (TPSA) is 47.9 Å². The molecule has 3 saturated carbocycles. The maximum atomic E-state index is 10.1. The summed E-state index contributed by atoms with van der Waals surface area (Å²) in [6.45, 7) is 18.1. The number of allylic oxidation sites excluding steroid dienone is 3. The zero-order chi connectivity index (χ0) is 36.5. The molecule has 0 aromatic rings. The molecule has 51 heavy (non-hydrogen) atoms. The van der Waals surface area contributed by atoms with Crippen LogP contribution in [-0.4, -0.2) is 50.3 Å². The molecule has 0 spiro atoms. The van der Waals surface area contributed by atoms with Crippen LogP contribution in [0.3, 0.4) is 0 Å². The van der Waals surface area contributed by atoms with Crippen molar-refractivity contribution in [3.63, 3.8) is 0 Å². The van der Waals surface area contributed by atoms with Crippen LogP contribution in [0.15, 0.2) is 23.8 Å². The third-order valence-corrected chi connectivity index (χ3v) is 14.5. The largest absolute Gasteiger partial charge is 0.388 e. The van der Waals surface area contributed by atoms with E-state index in [2.05, 4.69) is 59.8 Å². The van der Waals surface area contributed by atoms with Crippen molar-refractivity contribution >= 4 is 0 Å². The molecule has 4 aliphatic carbocycles. The third kappa shape index (κ3) is 13.0. The second-order valence-electron chi connectivity index (χ2n) is 18.7. The van der Waals surface area contributed by atoms with Gasteiger partial charge in [-0.25, -0.2) is 0 Å². The summed E-state index contributed by atoms with van der Waals surface area (Å²) in [6, 6.07) is 0. The molecule has 0 radical (unpaired) electrons. The van der Waals surface area contributed by atoms with Crippen LogP contribution < -0.4 is 0 Å². The van der Waals surface area contributed by atoms with E-state index in [1.165, 1.54) is 122 Å². The van der Waals surface area contributed by atoms with Crippen molar-refractivity contribution in [2.75, 3.05) is 33.0 Å². The molecule has 296 valence electrons. The van der Waals surface area contributed by atoms with Gasteiger partial charge < -0.3 is 19.3 Å². The molecule has 4 heteroatoms. The van der Waals surface area contributed by atoms with Gasteiger partial charge in [-0.3, -0.25) is 0 Å². The summed E-state index contributed by atoms with van der Waals surface area (Å²) in [5.74, 6) is 5.45. The molecule has 0 saturated heterocycles. The number of rotatable bonds is 26. The molecule has 1 N–H and O–H groups in total. The van der Waals surface area contributed by atoms with E-state index in [0.717, 1.165) is 68.0 Å². The van der Waals surface area contributed by atoms with Crippen LogP contribution in [0.2, 0.25) is 0 Å². The lowest BCUT2D eigenvalue weighted by molar-refractivity contribution is -0.0641. The molecular weight excluding hydrogens is 629 g/mol. The van der Waals surface area contributed by atoms with Gasteiger partial charge in [0, 0.05) is 19.8 Å². The SMILES string of the molecule is CCCCC/C=C\CCCOC[C@H](O)COCCCCCCCOC1CC[C@@]2(C)C(=CC[C@H]3[C@@H]4CC[C@H]([C@H](C)CCCC(C)C)[C@@]4(C)CC[C@@H]32)C1. The number of aliphatic hydroxyl groups is 1. The van der Waals surface area contributed by atoms with Crippen LogP contribution in [0.4, 0.5) is 0 Å². The van der Waals surface area contributed by atoms with Gasteiger partial charge in [0.1, 0.15) is 6.10 Å². The molecule has 0 amide bonds. The Bertz CT molecular complexity index is 1000. The van der Waals surface area contributed by atoms with Crippen molar-refractivity contribution in [1.82, 2.24) is 0 Å². The minimum atomic E-state index is -0.522. The number of hydrogen-bond donors (Lipinski definition) is 1. The van der Waals surface area contributed by atoms with Crippen LogP contribution in [0.25, 0.3) is 0 Å². The Labute approximate surface area is 316 Å². The Morgan fingerprint density at radius 2 is 1.47 bits per heavy atom. The molecule has 9 atom stereocenters. The summed E-state index contributed by atoms with van der Waals surface area (Å²) in [4.78, 5) is 0. The first-order valence-electron chi connectivity index (χ1n) is 22.5. The van der Waals surface area contributed by atoms with E-state index in [1.54, 1.807) is 5.57 Å². The first-order chi connectivity index (χ1) is 24.7. The van der Waals surface area contributed by atoms with Gasteiger partial charge in [0.05, 0.1) is 19.3 Å². The lowest BCUT2D eigenvalue weighted by atomic mass is 9.47. The highest BCUT2D eigenvalue weighted by Crippen LogP contribution is 2.67. The van der Waals surface area contributed by atoms with Crippen LogP contribution in [0, 0.1) is 46.3 Å². The fourth-order valence-corrected chi connectivity index (χ4v) is 11.4. The predicted molar refractivity (Wildman–Crippen MR) is 216 cm³/mol. The summed E-state index contributed by atoms with van der Waals surface area (Å²) >= 11 is 0. The molecule has 4 rings (SSSR count). The maximum absolute atomic E-state index is 10.1. The van der Waals surface area contributed by atoms with E-state index in [4.69, 9.17) is 14.2 Å². The summed E-state index contributed by atoms with van der Waals surface area (Å²) in [5, 5.41) is 10.1. The summed E-state index contributed by atoms with van der Waals surface area (Å²) < 4.78 is 17.9. The van der Waals surface area contributed by atoms with Gasteiger partial charge in [0.25, 0.3) is 0 Å². The van der Waals surface area contributed by atoms with Crippen molar-refractivity contribution in [1.29, 1.82) is 0 Å². The highest BCUT2D eigenvalue weighted by Gasteiger charge is 2.59. The van der Waals surface area contributed by atoms with Gasteiger partial charge in [-0.2, -0.15) is 0 Å². The fourth-order valence-electron chi connectivity index (χ4n) is 11.4. The quantitative estimate of drug-likeness (QED) is 0.0716. The molecule has 0 aromatic carbocycles. The second-order valence-corrected chi connectivity index (χ2v) is 18.7. The Hall–Kier alpha value is -0.680. The van der Waals surface area contributed by atoms with Crippen LogP contribution in [-0.2, 0) is 14.2 Å². The van der Waals surface area contributed by atoms with Crippen molar-refractivity contribution in [2.45, 2.75) is 195 Å². The van der Waals surface area contributed by atoms with Crippen molar-refractivity contribution in [3.05, 3.63) is 23.8 Å². The van der Waals surface area contributed by atoms with Crippen LogP contribution in [0.5, 0.6) is 0 Å². The van der Waals surface area contributed by atoms with Crippen molar-refractivity contribution in [3.8, 4) is 0 Å². The lowest BCUT2D eigenvalue weighted by Gasteiger charge is -2.58. The first-order valence-corrected chi connectivity index (χ1v) is 22.5. The van der Waals surface area contributed by atoms with E-state index in [-0.39, 0.29) is 0 Å². The van der Waals surface area contributed by atoms with Crippen molar-refractivity contribution < 1.29 is 19.3 Å². The molecule has 4 aliphatic rings. The van der Waals surface area contributed by atoms with Crippen LogP contribution >= 0.6 is 0 Å². The lowest BCUT2D eigenvalue weighted by Crippen LogP contribution is -2.51. The van der Waals surface area contributed by atoms with Gasteiger partial charge in [-0.15, -0.1) is 0 Å². The molecule has 0 heterocycles. The highest BCUT2D eigenvalue weighted by molar-refractivity contribution is 5.25. The third-order valence-electron chi connectivity index (χ3n) is 14.5. The molecule has 0 bridgehead atoms. The van der Waals surface area contributed by atoms with Crippen LogP contribution in [0.1, 0.15) is 183 Å². The average molecular weight is 713 g/mol. The van der Waals surface area contributed by atoms with E-state index in [1.807, 2.05) is 0 Å². The molecule has 4 nitrogen and oxygen atoms in total. The van der Waals surface area contributed by atoms with E-state index in [9.17, 15) is 5.11 Å². The summed E-state index contributed by atoms with van der Waals surface area (Å²) in [6.07, 6.45) is 35.5. The number of fused-ring (bicyclic) bond motifs is 5. The molecule has 0 aromatic heterocycles. The minimum absolute atomic E-state index is 0.372. The molecule has 1 unspecified atom stereocenters. The number of aliphatic hydroxyl groups excluding tert-OH is 1. The monoisotopic (exact) mass is 713 g/mol. The Morgan fingerprint density at radius 1 is 0.765 bits per heavy atom. The number of unbranched alkanes of at least 4 members (excludes halogenated alkanes) is 8. The Kier molecular flexibility index (Phi) is 19.1. The standard InChI is InChI=1S/C47H84O4/c1-7-8-9-10-11-12-14-17-31-49-35-40(48)36-50-32-18-15-13-16-19-33-51-41-27-29-46(5)39(34-41)23-24-42-44-26-25-43(38(4)22-20-21-37(2)3)47(44,6)30-28-45(42)46/h11-12,23,37-38,40-45,48H,7-10,13-22,24-36H2,1-6H3/b12-11-/t38-,40+,41?,42+,43-,44+,45+,46+,47-/m1/s1. The minimum Gasteiger partial charge on any atom is -0.388 e. The second kappa shape index (κ2) is 22.6. The zero-order valence-corrected chi connectivity index (χ0v) is 34.6. The highest BCUT2D eigenvalue weighted by atomic mass is 16.5. The van der Waals surface area contributed by atoms with Crippen molar-refractivity contribution in [2.24, 2.45) is 46.3 Å². The predicted octanol–water partition coefficient (Wildman–Crippen LogP) is 12.7. The smallest absolute Gasteiger partial charge is 0.101 e. The fraction of sp³-hybridized carbons (Fsp3) is 0.915. The summed E-state index contributed by atoms with van der Waals surface area (Å²) in [5.41, 5.74) is 2.76. The number of ether oxygens (including phenoxy) is 3. The zero-order valence-electron chi connectivity index (χ0n) is 34.6. The molecule has 0 aliphatic heterocycles. The van der Waals surface area contributed by atoms with Gasteiger partial charge in [0.15, 0.2) is 0 Å². The number of hydrogen-bond acceptors (Lipinski definition) is 4. The normalized spacial score (nSPS) is 31.8. The Balaban J connectivity index is 1.02.